The average molecular weight is 279 g/mol. The number of phenolic OH excluding ortho intramolecular Hbond substituents is 1. The lowest BCUT2D eigenvalue weighted by atomic mass is 9.93. The van der Waals surface area contributed by atoms with Crippen LogP contribution in [-0.2, 0) is 12.6 Å². The maximum Gasteiger partial charge on any atom is 0.419 e. The number of aliphatic hydroxyl groups is 2. The maximum absolute atomic E-state index is 12.6. The first-order valence-electron chi connectivity index (χ1n) is 5.61. The van der Waals surface area contributed by atoms with E-state index < -0.39 is 36.2 Å². The number of aryl methyl sites for hydroxylation is 1. The molecule has 7 heteroatoms. The fourth-order valence-electron chi connectivity index (χ4n) is 1.57. The molecule has 0 unspecified atom stereocenters. The van der Waals surface area contributed by atoms with Gasteiger partial charge in [-0.15, -0.1) is 0 Å². The number of hydrogen-bond acceptors (Lipinski definition) is 4. The van der Waals surface area contributed by atoms with Gasteiger partial charge in [-0.25, -0.2) is 0 Å². The second-order valence-corrected chi connectivity index (χ2v) is 4.53. The summed E-state index contributed by atoms with van der Waals surface area (Å²) in [5.74, 6) is -0.834. The van der Waals surface area contributed by atoms with Crippen LogP contribution < -0.4 is 5.73 Å². The van der Waals surface area contributed by atoms with E-state index >= 15 is 0 Å². The van der Waals surface area contributed by atoms with Gasteiger partial charge in [-0.1, -0.05) is 6.07 Å². The number of halogens is 3. The quantitative estimate of drug-likeness (QED) is 0.648. The molecule has 108 valence electrons. The van der Waals surface area contributed by atoms with E-state index in [2.05, 4.69) is 0 Å². The molecule has 0 saturated heterocycles. The number of benzene rings is 1. The van der Waals surface area contributed by atoms with Crippen molar-refractivity contribution in [2.75, 3.05) is 13.2 Å². The van der Waals surface area contributed by atoms with Crippen molar-refractivity contribution in [2.45, 2.75) is 24.6 Å². The lowest BCUT2D eigenvalue weighted by molar-refractivity contribution is -0.138. The van der Waals surface area contributed by atoms with Crippen molar-refractivity contribution in [3.05, 3.63) is 29.3 Å². The van der Waals surface area contributed by atoms with Gasteiger partial charge in [-0.3, -0.25) is 0 Å². The lowest BCUT2D eigenvalue weighted by Crippen LogP contribution is -2.47. The van der Waals surface area contributed by atoms with Gasteiger partial charge in [-0.2, -0.15) is 13.2 Å². The summed E-state index contributed by atoms with van der Waals surface area (Å²) in [5.41, 5.74) is 3.61. The van der Waals surface area contributed by atoms with E-state index in [4.69, 9.17) is 21.1 Å². The summed E-state index contributed by atoms with van der Waals surface area (Å²) in [6.07, 6.45) is -4.35. The van der Waals surface area contributed by atoms with Gasteiger partial charge in [-0.05, 0) is 30.5 Å². The molecule has 1 aromatic carbocycles. The Morgan fingerprint density at radius 2 is 1.68 bits per heavy atom. The largest absolute Gasteiger partial charge is 0.507 e. The first-order chi connectivity index (χ1) is 8.72. The zero-order chi connectivity index (χ0) is 14.7. The van der Waals surface area contributed by atoms with E-state index in [1.807, 2.05) is 0 Å². The van der Waals surface area contributed by atoms with Gasteiger partial charge < -0.3 is 21.1 Å². The zero-order valence-electron chi connectivity index (χ0n) is 10.1. The van der Waals surface area contributed by atoms with Crippen molar-refractivity contribution in [3.8, 4) is 5.75 Å². The van der Waals surface area contributed by atoms with E-state index in [1.54, 1.807) is 0 Å². The number of rotatable bonds is 5. The first kappa shape index (κ1) is 15.7. The van der Waals surface area contributed by atoms with E-state index in [0.717, 1.165) is 12.1 Å². The molecular formula is C12H16F3NO3. The van der Waals surface area contributed by atoms with Crippen LogP contribution in [0.3, 0.4) is 0 Å². The molecule has 0 radical (unpaired) electrons. The molecule has 0 aliphatic heterocycles. The molecular weight excluding hydrogens is 263 g/mol. The fourth-order valence-corrected chi connectivity index (χ4v) is 1.57. The van der Waals surface area contributed by atoms with Gasteiger partial charge >= 0.3 is 6.18 Å². The third-order valence-electron chi connectivity index (χ3n) is 2.91. The van der Waals surface area contributed by atoms with Crippen molar-refractivity contribution in [2.24, 2.45) is 5.73 Å². The van der Waals surface area contributed by atoms with Crippen LogP contribution in [0.25, 0.3) is 0 Å². The third-order valence-corrected chi connectivity index (χ3v) is 2.91. The number of phenols is 1. The Balaban J connectivity index is 2.87. The molecule has 0 aliphatic rings. The molecule has 0 saturated carbocycles. The highest BCUT2D eigenvalue weighted by molar-refractivity contribution is 5.38. The summed E-state index contributed by atoms with van der Waals surface area (Å²) in [5, 5.41) is 27.1. The normalized spacial score (nSPS) is 12.7. The van der Waals surface area contributed by atoms with Gasteiger partial charge in [0, 0.05) is 0 Å². The van der Waals surface area contributed by atoms with Crippen molar-refractivity contribution in [3.63, 3.8) is 0 Å². The molecule has 0 heterocycles. The smallest absolute Gasteiger partial charge is 0.419 e. The predicted octanol–water partition coefficient (Wildman–Crippen LogP) is 1.03. The minimum atomic E-state index is -4.63. The van der Waals surface area contributed by atoms with Gasteiger partial charge in [0.25, 0.3) is 0 Å². The number of aromatic hydroxyl groups is 1. The van der Waals surface area contributed by atoms with Crippen molar-refractivity contribution in [1.82, 2.24) is 0 Å². The van der Waals surface area contributed by atoms with E-state index in [9.17, 15) is 13.2 Å². The molecule has 0 aliphatic carbocycles. The Labute approximate surface area is 108 Å². The first-order valence-corrected chi connectivity index (χ1v) is 5.61. The second kappa shape index (κ2) is 5.77. The highest BCUT2D eigenvalue weighted by Gasteiger charge is 2.34. The van der Waals surface area contributed by atoms with Crippen LogP contribution in [0, 0.1) is 0 Å². The highest BCUT2D eigenvalue weighted by Crippen LogP contribution is 2.36. The summed E-state index contributed by atoms with van der Waals surface area (Å²) >= 11 is 0. The number of nitrogens with two attached hydrogens (primary N) is 1. The molecule has 0 amide bonds. The van der Waals surface area contributed by atoms with Crippen LogP contribution in [0.4, 0.5) is 13.2 Å². The Hall–Kier alpha value is -1.31. The van der Waals surface area contributed by atoms with Crippen molar-refractivity contribution in [1.29, 1.82) is 0 Å². The van der Waals surface area contributed by atoms with Gasteiger partial charge in [0.15, 0.2) is 0 Å². The Kier molecular flexibility index (Phi) is 4.78. The number of alkyl halides is 3. The molecule has 1 aromatic rings. The van der Waals surface area contributed by atoms with Crippen molar-refractivity contribution >= 4 is 0 Å². The summed E-state index contributed by atoms with van der Waals surface area (Å²) in [4.78, 5) is 0. The molecule has 0 spiro atoms. The highest BCUT2D eigenvalue weighted by atomic mass is 19.4. The van der Waals surface area contributed by atoms with Crippen molar-refractivity contribution < 1.29 is 28.5 Å². The van der Waals surface area contributed by atoms with E-state index in [0.29, 0.717) is 5.56 Å². The molecule has 0 aromatic heterocycles. The fraction of sp³-hybridized carbons (Fsp3) is 0.500. The standard InChI is InChI=1S/C12H16F3NO3/c13-12(14,15)9-5-8(1-2-10(9)19)3-4-11(16,6-17)7-18/h1-2,5,17-19H,3-4,6-7,16H2. The predicted molar refractivity (Wildman–Crippen MR) is 62.5 cm³/mol. The summed E-state index contributed by atoms with van der Waals surface area (Å²) in [7, 11) is 0. The average Bonchev–Trinajstić information content (AvgIpc) is 2.36. The molecule has 1 rings (SSSR count). The Bertz CT molecular complexity index is 431. The lowest BCUT2D eigenvalue weighted by Gasteiger charge is -2.24. The number of aliphatic hydroxyl groups excluding tert-OH is 2. The van der Waals surface area contributed by atoms with Crippen LogP contribution in [0.5, 0.6) is 5.75 Å². The molecule has 0 bridgehead atoms. The minimum Gasteiger partial charge on any atom is -0.507 e. The molecule has 19 heavy (non-hydrogen) atoms. The summed E-state index contributed by atoms with van der Waals surface area (Å²) < 4.78 is 37.7. The minimum absolute atomic E-state index is 0.127. The van der Waals surface area contributed by atoms with Crippen LogP contribution in [0.1, 0.15) is 17.5 Å². The van der Waals surface area contributed by atoms with Crippen LogP contribution in [0.2, 0.25) is 0 Å². The van der Waals surface area contributed by atoms with Crippen LogP contribution in [0.15, 0.2) is 18.2 Å². The van der Waals surface area contributed by atoms with Crippen LogP contribution >= 0.6 is 0 Å². The number of hydrogen-bond donors (Lipinski definition) is 4. The van der Waals surface area contributed by atoms with Gasteiger partial charge in [0.2, 0.25) is 0 Å². The maximum atomic E-state index is 12.6. The van der Waals surface area contributed by atoms with E-state index in [1.165, 1.54) is 6.07 Å². The topological polar surface area (TPSA) is 86.7 Å². The monoisotopic (exact) mass is 279 g/mol. The van der Waals surface area contributed by atoms with Gasteiger partial charge in [0.1, 0.15) is 5.75 Å². The second-order valence-electron chi connectivity index (χ2n) is 4.53. The molecule has 0 atom stereocenters. The summed E-state index contributed by atoms with van der Waals surface area (Å²) in [6, 6.07) is 3.15. The Morgan fingerprint density at radius 3 is 2.16 bits per heavy atom. The third kappa shape index (κ3) is 4.09. The molecule has 0 fully saturated rings. The molecule has 4 nitrogen and oxygen atoms in total. The van der Waals surface area contributed by atoms with E-state index in [-0.39, 0.29) is 12.8 Å². The SMILES string of the molecule is NC(CO)(CO)CCc1ccc(O)c(C(F)(F)F)c1. The molecule has 5 N–H and O–H groups in total. The zero-order valence-corrected chi connectivity index (χ0v) is 10.1. The van der Waals surface area contributed by atoms with Gasteiger partial charge in [0.05, 0.1) is 24.3 Å². The Morgan fingerprint density at radius 1 is 1.11 bits per heavy atom. The van der Waals surface area contributed by atoms with Crippen LogP contribution in [-0.4, -0.2) is 34.1 Å². The summed E-state index contributed by atoms with van der Waals surface area (Å²) in [6.45, 7) is -0.929.